The van der Waals surface area contributed by atoms with Crippen molar-refractivity contribution >= 4 is 5.78 Å². The Kier molecular flexibility index (Phi) is 2.49. The van der Waals surface area contributed by atoms with Crippen LogP contribution in [-0.2, 0) is 9.53 Å². The zero-order valence-corrected chi connectivity index (χ0v) is 7.74. The minimum atomic E-state index is -0.932. The Morgan fingerprint density at radius 3 is 2.73 bits per heavy atom. The predicted molar refractivity (Wildman–Crippen MR) is 48.9 cm³/mol. The largest absolute Gasteiger partial charge is 0.493 e. The van der Waals surface area contributed by atoms with E-state index >= 15 is 0 Å². The number of hydrogen-bond donors (Lipinski definition) is 0. The fourth-order valence-electron chi connectivity index (χ4n) is 1.42. The van der Waals surface area contributed by atoms with Gasteiger partial charge in [-0.15, -0.1) is 0 Å². The summed E-state index contributed by atoms with van der Waals surface area (Å²) < 4.78 is 30.7. The number of benzene rings is 1. The third-order valence-corrected chi connectivity index (χ3v) is 2.20. The van der Waals surface area contributed by atoms with Crippen molar-refractivity contribution < 1.29 is 18.3 Å². The summed E-state index contributed by atoms with van der Waals surface area (Å²) in [5.41, 5.74) is 0.464. The molecule has 0 spiro atoms. The van der Waals surface area contributed by atoms with E-state index in [1.165, 1.54) is 18.4 Å². The van der Waals surface area contributed by atoms with E-state index in [0.717, 1.165) is 12.1 Å². The van der Waals surface area contributed by atoms with Crippen molar-refractivity contribution in [3.8, 4) is 0 Å². The van der Waals surface area contributed by atoms with Gasteiger partial charge in [0, 0.05) is 6.08 Å². The summed E-state index contributed by atoms with van der Waals surface area (Å²) in [7, 11) is 0. The normalized spacial score (nSPS) is 20.1. The smallest absolute Gasteiger partial charge is 0.162 e. The van der Waals surface area contributed by atoms with Crippen LogP contribution in [0, 0.1) is 11.6 Å². The van der Waals surface area contributed by atoms with Gasteiger partial charge in [-0.05, 0) is 17.7 Å². The minimum absolute atomic E-state index is 0.0871. The Balaban J connectivity index is 2.26. The van der Waals surface area contributed by atoms with E-state index in [1.54, 1.807) is 0 Å². The fourth-order valence-corrected chi connectivity index (χ4v) is 1.42. The maximum atomic E-state index is 12.9. The van der Waals surface area contributed by atoms with E-state index in [2.05, 4.69) is 0 Å². The van der Waals surface area contributed by atoms with Gasteiger partial charge in [0.1, 0.15) is 6.10 Å². The Morgan fingerprint density at radius 1 is 1.27 bits per heavy atom. The maximum absolute atomic E-state index is 12.9. The van der Waals surface area contributed by atoms with Crippen LogP contribution in [0.25, 0.3) is 0 Å². The molecular weight excluding hydrogens is 202 g/mol. The second kappa shape index (κ2) is 3.81. The van der Waals surface area contributed by atoms with Gasteiger partial charge >= 0.3 is 0 Å². The number of hydrogen-bond acceptors (Lipinski definition) is 2. The van der Waals surface area contributed by atoms with E-state index in [-0.39, 0.29) is 12.2 Å². The number of carbonyl (C=O) groups excluding carboxylic acids is 1. The number of rotatable bonds is 1. The lowest BCUT2D eigenvalue weighted by molar-refractivity contribution is -0.118. The van der Waals surface area contributed by atoms with E-state index in [0.29, 0.717) is 5.56 Å². The second-order valence-corrected chi connectivity index (χ2v) is 3.27. The van der Waals surface area contributed by atoms with E-state index in [4.69, 9.17) is 4.74 Å². The fraction of sp³-hybridized carbons (Fsp3) is 0.182. The van der Waals surface area contributed by atoms with Crippen molar-refractivity contribution in [1.29, 1.82) is 0 Å². The Hall–Kier alpha value is -1.71. The van der Waals surface area contributed by atoms with E-state index in [9.17, 15) is 13.6 Å². The van der Waals surface area contributed by atoms with Crippen LogP contribution in [0.1, 0.15) is 18.1 Å². The molecule has 2 nitrogen and oxygen atoms in total. The molecule has 1 atom stereocenters. The molecule has 78 valence electrons. The number of halogens is 2. The summed E-state index contributed by atoms with van der Waals surface area (Å²) >= 11 is 0. The van der Waals surface area contributed by atoms with Crippen LogP contribution >= 0.6 is 0 Å². The van der Waals surface area contributed by atoms with Gasteiger partial charge in [0.25, 0.3) is 0 Å². The molecule has 1 aromatic rings. The molecule has 4 heteroatoms. The van der Waals surface area contributed by atoms with Crippen LogP contribution in [-0.4, -0.2) is 5.78 Å². The van der Waals surface area contributed by atoms with Gasteiger partial charge in [-0.3, -0.25) is 4.79 Å². The molecule has 0 amide bonds. The third kappa shape index (κ3) is 2.03. The third-order valence-electron chi connectivity index (χ3n) is 2.20. The van der Waals surface area contributed by atoms with Crippen LogP contribution in [0.4, 0.5) is 8.78 Å². The molecule has 0 N–H and O–H groups in total. The van der Waals surface area contributed by atoms with Crippen molar-refractivity contribution in [2.75, 3.05) is 0 Å². The zero-order chi connectivity index (χ0) is 10.8. The molecular formula is C11H8F2O2. The highest BCUT2D eigenvalue weighted by molar-refractivity contribution is 5.90. The highest BCUT2D eigenvalue weighted by Gasteiger charge is 2.19. The SMILES string of the molecule is O=C1C=COC(c2ccc(F)c(F)c2)C1. The van der Waals surface area contributed by atoms with Crippen LogP contribution in [0.5, 0.6) is 0 Å². The summed E-state index contributed by atoms with van der Waals surface area (Å²) in [6.45, 7) is 0. The first-order valence-electron chi connectivity index (χ1n) is 4.46. The van der Waals surface area contributed by atoms with Crippen molar-refractivity contribution in [1.82, 2.24) is 0 Å². The van der Waals surface area contributed by atoms with E-state index in [1.807, 2.05) is 0 Å². The molecule has 0 fully saturated rings. The molecule has 0 aliphatic carbocycles. The van der Waals surface area contributed by atoms with Gasteiger partial charge in [-0.25, -0.2) is 8.78 Å². The predicted octanol–water partition coefficient (Wildman–Crippen LogP) is 2.51. The van der Waals surface area contributed by atoms with Gasteiger partial charge in [-0.2, -0.15) is 0 Å². The lowest BCUT2D eigenvalue weighted by Crippen LogP contribution is -2.11. The topological polar surface area (TPSA) is 26.3 Å². The Bertz CT molecular complexity index is 427. The van der Waals surface area contributed by atoms with Gasteiger partial charge < -0.3 is 4.74 Å². The molecule has 0 aromatic heterocycles. The van der Waals surface area contributed by atoms with Gasteiger partial charge in [0.2, 0.25) is 0 Å². The van der Waals surface area contributed by atoms with Gasteiger partial charge in [0.15, 0.2) is 17.4 Å². The summed E-state index contributed by atoms with van der Waals surface area (Å²) in [6.07, 6.45) is 2.23. The average molecular weight is 210 g/mol. The molecule has 0 saturated heterocycles. The number of allylic oxidation sites excluding steroid dienone is 1. The molecule has 0 saturated carbocycles. The first-order chi connectivity index (χ1) is 7.16. The van der Waals surface area contributed by atoms with Crippen LogP contribution in [0.15, 0.2) is 30.5 Å². The average Bonchev–Trinajstić information content (AvgIpc) is 2.22. The summed E-state index contributed by atoms with van der Waals surface area (Å²) in [5.74, 6) is -1.93. The number of ether oxygens (including phenoxy) is 1. The Morgan fingerprint density at radius 2 is 2.07 bits per heavy atom. The highest BCUT2D eigenvalue weighted by Crippen LogP contribution is 2.26. The summed E-state index contributed by atoms with van der Waals surface area (Å²) in [5, 5.41) is 0. The standard InChI is InChI=1S/C11H8F2O2/c12-9-2-1-7(5-10(9)13)11-6-8(14)3-4-15-11/h1-5,11H,6H2. The minimum Gasteiger partial charge on any atom is -0.493 e. The number of ketones is 1. The van der Waals surface area contributed by atoms with Gasteiger partial charge in [0.05, 0.1) is 12.7 Å². The zero-order valence-electron chi connectivity index (χ0n) is 7.74. The summed E-state index contributed by atoms with van der Waals surface area (Å²) in [4.78, 5) is 11.1. The molecule has 1 heterocycles. The first kappa shape index (κ1) is 9.83. The quantitative estimate of drug-likeness (QED) is 0.711. The highest BCUT2D eigenvalue weighted by atomic mass is 19.2. The maximum Gasteiger partial charge on any atom is 0.162 e. The molecule has 1 unspecified atom stereocenters. The molecule has 1 aliphatic heterocycles. The monoisotopic (exact) mass is 210 g/mol. The molecule has 1 aromatic carbocycles. The molecule has 0 radical (unpaired) electrons. The Labute approximate surface area is 85.2 Å². The van der Waals surface area contributed by atoms with Gasteiger partial charge in [-0.1, -0.05) is 6.07 Å². The van der Waals surface area contributed by atoms with Crippen LogP contribution < -0.4 is 0 Å². The molecule has 15 heavy (non-hydrogen) atoms. The van der Waals surface area contributed by atoms with Crippen LogP contribution in [0.2, 0.25) is 0 Å². The molecule has 2 rings (SSSR count). The van der Waals surface area contributed by atoms with Crippen LogP contribution in [0.3, 0.4) is 0 Å². The van der Waals surface area contributed by atoms with Crippen molar-refractivity contribution in [2.45, 2.75) is 12.5 Å². The molecule has 1 aliphatic rings. The van der Waals surface area contributed by atoms with Crippen molar-refractivity contribution in [2.24, 2.45) is 0 Å². The second-order valence-electron chi connectivity index (χ2n) is 3.27. The van der Waals surface area contributed by atoms with Crippen molar-refractivity contribution in [3.05, 3.63) is 47.7 Å². The number of carbonyl (C=O) groups is 1. The van der Waals surface area contributed by atoms with E-state index < -0.39 is 17.7 Å². The summed E-state index contributed by atoms with van der Waals surface area (Å²) in [6, 6.07) is 3.48. The molecule has 0 bridgehead atoms. The first-order valence-corrected chi connectivity index (χ1v) is 4.46. The lowest BCUT2D eigenvalue weighted by atomic mass is 10.0. The van der Waals surface area contributed by atoms with Crippen molar-refractivity contribution in [3.63, 3.8) is 0 Å². The lowest BCUT2D eigenvalue weighted by Gasteiger charge is -2.18.